The minimum absolute atomic E-state index is 0.245. The lowest BCUT2D eigenvalue weighted by atomic mass is 10.2. The fraction of sp³-hybridized carbons (Fsp3) is 0.158. The van der Waals surface area contributed by atoms with E-state index >= 15 is 0 Å². The highest BCUT2D eigenvalue weighted by molar-refractivity contribution is 6.01. The monoisotopic (exact) mass is 349 g/mol. The highest BCUT2D eigenvalue weighted by atomic mass is 16.6. The van der Waals surface area contributed by atoms with Gasteiger partial charge in [-0.15, -0.1) is 0 Å². The van der Waals surface area contributed by atoms with Crippen LogP contribution in [-0.4, -0.2) is 23.2 Å². The maximum atomic E-state index is 12.3. The average Bonchev–Trinajstić information content (AvgIpc) is 3.06. The molecule has 0 atom stereocenters. The fourth-order valence-corrected chi connectivity index (χ4v) is 3.07. The number of ether oxygens (including phenoxy) is 2. The van der Waals surface area contributed by atoms with E-state index in [0.29, 0.717) is 42.4 Å². The molecule has 26 heavy (non-hydrogen) atoms. The van der Waals surface area contributed by atoms with Crippen LogP contribution in [0.4, 0.5) is 5.69 Å². The largest absolute Gasteiger partial charge is 0.486 e. The number of H-pyrrole nitrogens is 1. The third-order valence-corrected chi connectivity index (χ3v) is 4.28. The Labute approximate surface area is 147 Å². The Balaban J connectivity index is 1.46. The average molecular weight is 349 g/mol. The first-order valence-corrected chi connectivity index (χ1v) is 8.32. The topological polar surface area (TPSA) is 89.4 Å². The Morgan fingerprint density at radius 1 is 1.08 bits per heavy atom. The highest BCUT2D eigenvalue weighted by Gasteiger charge is 2.14. The number of furan rings is 1. The lowest BCUT2D eigenvalue weighted by molar-refractivity contribution is 0.171. The minimum atomic E-state index is -0.287. The Hall–Kier alpha value is -3.48. The van der Waals surface area contributed by atoms with Crippen molar-refractivity contribution in [3.05, 3.63) is 58.6 Å². The molecule has 0 spiro atoms. The van der Waals surface area contributed by atoms with Crippen molar-refractivity contribution in [2.24, 2.45) is 0 Å². The van der Waals surface area contributed by atoms with Gasteiger partial charge in [-0.1, -0.05) is 12.1 Å². The zero-order valence-electron chi connectivity index (χ0n) is 13.7. The van der Waals surface area contributed by atoms with E-state index in [-0.39, 0.29) is 11.1 Å². The second kappa shape index (κ2) is 5.80. The summed E-state index contributed by atoms with van der Waals surface area (Å²) >= 11 is 0. The standard InChI is InChI=1S/C19H15N3O4/c23-19-18-17(12-3-1-2-4-13(12)26-18)21-16(22-19)10-20-11-5-6-14-15(9-11)25-8-7-24-14/h1-6,9,20H,7-8,10H2,(H,21,22,23). The van der Waals surface area contributed by atoms with Crippen LogP contribution in [0.5, 0.6) is 11.5 Å². The van der Waals surface area contributed by atoms with Crippen molar-refractivity contribution >= 4 is 27.8 Å². The molecule has 7 heteroatoms. The number of para-hydroxylation sites is 1. The van der Waals surface area contributed by atoms with Gasteiger partial charge < -0.3 is 24.2 Å². The maximum absolute atomic E-state index is 12.3. The Bertz CT molecular complexity index is 1180. The van der Waals surface area contributed by atoms with Crippen LogP contribution in [-0.2, 0) is 6.54 Å². The molecule has 1 aliphatic rings. The second-order valence-corrected chi connectivity index (χ2v) is 6.00. The van der Waals surface area contributed by atoms with Gasteiger partial charge in [0.2, 0.25) is 5.58 Å². The molecule has 1 aliphatic heterocycles. The number of rotatable bonds is 3. The van der Waals surface area contributed by atoms with Crippen molar-refractivity contribution in [2.75, 3.05) is 18.5 Å². The molecule has 2 aromatic heterocycles. The molecule has 0 aliphatic carbocycles. The number of nitrogens with one attached hydrogen (secondary N) is 2. The quantitative estimate of drug-likeness (QED) is 0.591. The number of anilines is 1. The molecule has 2 aromatic carbocycles. The molecule has 3 heterocycles. The summed E-state index contributed by atoms with van der Waals surface area (Å²) in [5.74, 6) is 1.97. The van der Waals surface area contributed by atoms with Crippen molar-refractivity contribution in [1.82, 2.24) is 9.97 Å². The summed E-state index contributed by atoms with van der Waals surface area (Å²) in [6.45, 7) is 1.46. The zero-order valence-corrected chi connectivity index (χ0v) is 13.7. The molecule has 0 saturated carbocycles. The predicted octanol–water partition coefficient (Wildman–Crippen LogP) is 3.05. The van der Waals surface area contributed by atoms with Gasteiger partial charge in [0.1, 0.15) is 30.1 Å². The summed E-state index contributed by atoms with van der Waals surface area (Å²) in [6.07, 6.45) is 0. The van der Waals surface area contributed by atoms with Gasteiger partial charge >= 0.3 is 0 Å². The number of fused-ring (bicyclic) bond motifs is 4. The van der Waals surface area contributed by atoms with Crippen LogP contribution in [0.3, 0.4) is 0 Å². The van der Waals surface area contributed by atoms with Crippen LogP contribution < -0.4 is 20.3 Å². The van der Waals surface area contributed by atoms with Gasteiger partial charge in [0.15, 0.2) is 11.5 Å². The van der Waals surface area contributed by atoms with E-state index in [0.717, 1.165) is 16.8 Å². The first-order chi connectivity index (χ1) is 12.8. The summed E-state index contributed by atoms with van der Waals surface area (Å²) < 4.78 is 16.7. The van der Waals surface area contributed by atoms with E-state index < -0.39 is 0 Å². The van der Waals surface area contributed by atoms with Crippen molar-refractivity contribution in [3.63, 3.8) is 0 Å². The Morgan fingerprint density at radius 3 is 2.85 bits per heavy atom. The van der Waals surface area contributed by atoms with Gasteiger partial charge in [0.25, 0.3) is 5.56 Å². The smallest absolute Gasteiger partial charge is 0.294 e. The molecule has 2 N–H and O–H groups in total. The number of benzene rings is 2. The minimum Gasteiger partial charge on any atom is -0.486 e. The van der Waals surface area contributed by atoms with Gasteiger partial charge in [-0.25, -0.2) is 4.98 Å². The van der Waals surface area contributed by atoms with E-state index in [1.54, 1.807) is 0 Å². The van der Waals surface area contributed by atoms with Crippen LogP contribution in [0.15, 0.2) is 51.7 Å². The second-order valence-electron chi connectivity index (χ2n) is 6.00. The van der Waals surface area contributed by atoms with E-state index in [4.69, 9.17) is 13.9 Å². The summed E-state index contributed by atoms with van der Waals surface area (Å²) in [7, 11) is 0. The third-order valence-electron chi connectivity index (χ3n) is 4.28. The highest BCUT2D eigenvalue weighted by Crippen LogP contribution is 2.32. The van der Waals surface area contributed by atoms with E-state index in [1.165, 1.54) is 0 Å². The molecule has 0 fully saturated rings. The number of aromatic amines is 1. The van der Waals surface area contributed by atoms with Crippen LogP contribution >= 0.6 is 0 Å². The first-order valence-electron chi connectivity index (χ1n) is 8.32. The summed E-state index contributed by atoms with van der Waals surface area (Å²) in [5, 5.41) is 4.07. The zero-order chi connectivity index (χ0) is 17.5. The van der Waals surface area contributed by atoms with Gasteiger partial charge in [-0.2, -0.15) is 0 Å². The summed E-state index contributed by atoms with van der Waals surface area (Å²) in [4.78, 5) is 19.6. The number of nitrogens with zero attached hydrogens (tertiary/aromatic N) is 1. The molecule has 0 saturated heterocycles. The third kappa shape index (κ3) is 2.45. The van der Waals surface area contributed by atoms with Crippen LogP contribution in [0.2, 0.25) is 0 Å². The molecule has 130 valence electrons. The van der Waals surface area contributed by atoms with E-state index in [2.05, 4.69) is 15.3 Å². The fourth-order valence-electron chi connectivity index (χ4n) is 3.07. The van der Waals surface area contributed by atoms with Gasteiger partial charge in [-0.3, -0.25) is 4.79 Å². The first kappa shape index (κ1) is 14.8. The molecule has 5 rings (SSSR count). The molecular formula is C19H15N3O4. The number of aromatic nitrogens is 2. The molecule has 4 aromatic rings. The van der Waals surface area contributed by atoms with Gasteiger partial charge in [-0.05, 0) is 24.3 Å². The van der Waals surface area contributed by atoms with Gasteiger partial charge in [0.05, 0.1) is 6.54 Å². The molecule has 7 nitrogen and oxygen atoms in total. The van der Waals surface area contributed by atoms with Crippen LogP contribution in [0.1, 0.15) is 5.82 Å². The number of hydrogen-bond acceptors (Lipinski definition) is 6. The SMILES string of the molecule is O=c1[nH]c(CNc2ccc3c(c2)OCCO3)nc2c1oc1ccccc12. The lowest BCUT2D eigenvalue weighted by Gasteiger charge is -2.19. The van der Waals surface area contributed by atoms with Crippen molar-refractivity contribution < 1.29 is 13.9 Å². The van der Waals surface area contributed by atoms with Crippen molar-refractivity contribution in [2.45, 2.75) is 6.54 Å². The normalized spacial score (nSPS) is 13.2. The molecule has 0 bridgehead atoms. The van der Waals surface area contributed by atoms with Crippen LogP contribution in [0, 0.1) is 0 Å². The van der Waals surface area contributed by atoms with Crippen molar-refractivity contribution in [1.29, 1.82) is 0 Å². The molecule has 0 unspecified atom stereocenters. The van der Waals surface area contributed by atoms with Crippen LogP contribution in [0.25, 0.3) is 22.1 Å². The van der Waals surface area contributed by atoms with Crippen molar-refractivity contribution in [3.8, 4) is 11.5 Å². The molecule has 0 radical (unpaired) electrons. The Kier molecular flexibility index (Phi) is 3.31. The molecular weight excluding hydrogens is 334 g/mol. The maximum Gasteiger partial charge on any atom is 0.294 e. The molecule has 0 amide bonds. The predicted molar refractivity (Wildman–Crippen MR) is 96.9 cm³/mol. The van der Waals surface area contributed by atoms with E-state index in [1.807, 2.05) is 42.5 Å². The summed E-state index contributed by atoms with van der Waals surface area (Å²) in [6, 6.07) is 13.1. The summed E-state index contributed by atoms with van der Waals surface area (Å²) in [5.41, 5.74) is 2.04. The number of hydrogen-bond donors (Lipinski definition) is 2. The van der Waals surface area contributed by atoms with E-state index in [9.17, 15) is 4.79 Å². The Morgan fingerprint density at radius 2 is 1.92 bits per heavy atom. The van der Waals surface area contributed by atoms with Gasteiger partial charge in [0, 0.05) is 17.1 Å². The lowest BCUT2D eigenvalue weighted by Crippen LogP contribution is -2.16.